The maximum atomic E-state index is 11.8. The van der Waals surface area contributed by atoms with E-state index in [0.717, 1.165) is 6.26 Å². The molecule has 0 aliphatic heterocycles. The van der Waals surface area contributed by atoms with Gasteiger partial charge in [-0.3, -0.25) is 4.79 Å². The number of amides is 1. The summed E-state index contributed by atoms with van der Waals surface area (Å²) in [6.45, 7) is 1.85. The Bertz CT molecular complexity index is 589. The summed E-state index contributed by atoms with van der Waals surface area (Å²) >= 11 is 0. The van der Waals surface area contributed by atoms with E-state index in [1.54, 1.807) is 6.07 Å². The first-order chi connectivity index (χ1) is 9.23. The minimum Gasteiger partial charge on any atom is -0.480 e. The lowest BCUT2D eigenvalue weighted by atomic mass is 10.2. The third kappa shape index (κ3) is 5.04. The van der Waals surface area contributed by atoms with Crippen molar-refractivity contribution >= 4 is 21.7 Å². The summed E-state index contributed by atoms with van der Waals surface area (Å²) in [5.41, 5.74) is 0. The maximum Gasteiger partial charge on any atom is 0.326 e. The van der Waals surface area contributed by atoms with Gasteiger partial charge in [-0.15, -0.1) is 0 Å². The maximum absolute atomic E-state index is 11.8. The fourth-order valence-corrected chi connectivity index (χ4v) is 2.17. The average molecular weight is 303 g/mol. The Morgan fingerprint density at radius 3 is 2.50 bits per heavy atom. The predicted molar refractivity (Wildman–Crippen MR) is 71.3 cm³/mol. The fraction of sp³-hybridized carbons (Fsp3) is 0.500. The number of carbonyl (C=O) groups excluding carboxylic acids is 1. The Morgan fingerprint density at radius 1 is 1.40 bits per heavy atom. The SMILES string of the molecule is CCc1ccc(C(=O)NC(CCS(C)(=O)=O)C(=O)O)o1. The van der Waals surface area contributed by atoms with Crippen LogP contribution in [0.1, 0.15) is 29.7 Å². The lowest BCUT2D eigenvalue weighted by Crippen LogP contribution is -2.41. The van der Waals surface area contributed by atoms with Crippen LogP contribution in [0.3, 0.4) is 0 Å². The summed E-state index contributed by atoms with van der Waals surface area (Å²) in [5, 5.41) is 11.2. The van der Waals surface area contributed by atoms with E-state index in [2.05, 4.69) is 5.32 Å². The molecule has 20 heavy (non-hydrogen) atoms. The van der Waals surface area contributed by atoms with Crippen LogP contribution in [0.4, 0.5) is 0 Å². The number of nitrogens with one attached hydrogen (secondary N) is 1. The highest BCUT2D eigenvalue weighted by atomic mass is 32.2. The van der Waals surface area contributed by atoms with E-state index in [4.69, 9.17) is 9.52 Å². The third-order valence-corrected chi connectivity index (χ3v) is 3.59. The molecule has 1 aromatic rings. The minimum absolute atomic E-state index is 0.00690. The van der Waals surface area contributed by atoms with E-state index >= 15 is 0 Å². The van der Waals surface area contributed by atoms with Crippen molar-refractivity contribution in [2.75, 3.05) is 12.0 Å². The molecule has 0 radical (unpaired) electrons. The Morgan fingerprint density at radius 2 is 2.05 bits per heavy atom. The van der Waals surface area contributed by atoms with Crippen molar-refractivity contribution in [2.24, 2.45) is 0 Å². The van der Waals surface area contributed by atoms with Crippen molar-refractivity contribution in [3.8, 4) is 0 Å². The topological polar surface area (TPSA) is 114 Å². The molecular formula is C12H17NO6S. The number of carbonyl (C=O) groups is 2. The van der Waals surface area contributed by atoms with Crippen molar-refractivity contribution in [1.29, 1.82) is 0 Å². The number of furan rings is 1. The molecule has 1 heterocycles. The van der Waals surface area contributed by atoms with Crippen LogP contribution in [-0.2, 0) is 21.1 Å². The number of sulfone groups is 1. The lowest BCUT2D eigenvalue weighted by molar-refractivity contribution is -0.139. The van der Waals surface area contributed by atoms with Gasteiger partial charge in [0.05, 0.1) is 5.75 Å². The van der Waals surface area contributed by atoms with Crippen LogP contribution >= 0.6 is 0 Å². The van der Waals surface area contributed by atoms with Crippen molar-refractivity contribution in [2.45, 2.75) is 25.8 Å². The number of aliphatic carboxylic acids is 1. The molecule has 0 bridgehead atoms. The lowest BCUT2D eigenvalue weighted by Gasteiger charge is -2.12. The quantitative estimate of drug-likeness (QED) is 0.756. The predicted octanol–water partition coefficient (Wildman–Crippen LogP) is 0.460. The van der Waals surface area contributed by atoms with Gasteiger partial charge in [0.15, 0.2) is 5.76 Å². The number of hydrogen-bond acceptors (Lipinski definition) is 5. The van der Waals surface area contributed by atoms with E-state index < -0.39 is 27.8 Å². The molecule has 0 saturated heterocycles. The van der Waals surface area contributed by atoms with Gasteiger partial charge < -0.3 is 14.8 Å². The van der Waals surface area contributed by atoms with E-state index in [9.17, 15) is 18.0 Å². The molecule has 8 heteroatoms. The first kappa shape index (κ1) is 16.2. The van der Waals surface area contributed by atoms with Gasteiger partial charge in [-0.2, -0.15) is 0 Å². The van der Waals surface area contributed by atoms with E-state index in [1.165, 1.54) is 6.07 Å². The molecule has 112 valence electrons. The zero-order chi connectivity index (χ0) is 15.3. The van der Waals surface area contributed by atoms with Crippen molar-refractivity contribution in [1.82, 2.24) is 5.32 Å². The standard InChI is InChI=1S/C12H17NO6S/c1-3-8-4-5-10(19-8)11(14)13-9(12(15)16)6-7-20(2,17)18/h4-5,9H,3,6-7H2,1-2H3,(H,13,14)(H,15,16). The number of carboxylic acid groups (broad SMARTS) is 1. The Kier molecular flexibility index (Phi) is 5.32. The molecule has 7 nitrogen and oxygen atoms in total. The molecule has 1 rings (SSSR count). The molecule has 0 saturated carbocycles. The van der Waals surface area contributed by atoms with Crippen molar-refractivity contribution in [3.05, 3.63) is 23.7 Å². The van der Waals surface area contributed by atoms with Gasteiger partial charge in [0.2, 0.25) is 0 Å². The van der Waals surface area contributed by atoms with E-state index in [1.807, 2.05) is 6.92 Å². The Labute approximate surface area is 116 Å². The van der Waals surface area contributed by atoms with E-state index in [0.29, 0.717) is 12.2 Å². The molecule has 1 atom stereocenters. The largest absolute Gasteiger partial charge is 0.480 e. The van der Waals surface area contributed by atoms with Crippen LogP contribution in [0, 0.1) is 0 Å². The van der Waals surface area contributed by atoms with Crippen LogP contribution in [0.15, 0.2) is 16.5 Å². The summed E-state index contributed by atoms with van der Waals surface area (Å²) in [6.07, 6.45) is 1.43. The molecule has 0 spiro atoms. The van der Waals surface area contributed by atoms with Crippen molar-refractivity contribution in [3.63, 3.8) is 0 Å². The highest BCUT2D eigenvalue weighted by molar-refractivity contribution is 7.90. The highest BCUT2D eigenvalue weighted by Crippen LogP contribution is 2.09. The van der Waals surface area contributed by atoms with Crippen LogP contribution in [0.25, 0.3) is 0 Å². The molecule has 1 unspecified atom stereocenters. The number of rotatable bonds is 7. The number of hydrogen-bond donors (Lipinski definition) is 2. The second-order valence-electron chi connectivity index (χ2n) is 4.40. The van der Waals surface area contributed by atoms with Gasteiger partial charge in [-0.1, -0.05) is 6.92 Å². The van der Waals surface area contributed by atoms with Gasteiger partial charge >= 0.3 is 5.97 Å². The molecule has 1 aromatic heterocycles. The molecule has 1 amide bonds. The zero-order valence-electron chi connectivity index (χ0n) is 11.3. The van der Waals surface area contributed by atoms with Gasteiger partial charge in [0, 0.05) is 12.7 Å². The first-order valence-corrected chi connectivity index (χ1v) is 8.09. The smallest absolute Gasteiger partial charge is 0.326 e. The Balaban J connectivity index is 2.70. The van der Waals surface area contributed by atoms with Crippen LogP contribution in [-0.4, -0.2) is 43.5 Å². The fourth-order valence-electron chi connectivity index (χ4n) is 1.51. The summed E-state index contributed by atoms with van der Waals surface area (Å²) in [4.78, 5) is 22.8. The first-order valence-electron chi connectivity index (χ1n) is 6.03. The second-order valence-corrected chi connectivity index (χ2v) is 6.66. The average Bonchev–Trinajstić information content (AvgIpc) is 2.81. The normalized spacial score (nSPS) is 12.9. The van der Waals surface area contributed by atoms with Crippen LogP contribution < -0.4 is 5.32 Å². The summed E-state index contributed by atoms with van der Waals surface area (Å²) in [6, 6.07) is 1.80. The molecule has 0 aromatic carbocycles. The summed E-state index contributed by atoms with van der Waals surface area (Å²) < 4.78 is 27.3. The van der Waals surface area contributed by atoms with Gasteiger partial charge in [0.25, 0.3) is 5.91 Å². The van der Waals surface area contributed by atoms with Crippen LogP contribution in [0.2, 0.25) is 0 Å². The molecular weight excluding hydrogens is 286 g/mol. The number of carboxylic acids is 1. The molecule has 0 aliphatic carbocycles. The van der Waals surface area contributed by atoms with Crippen LogP contribution in [0.5, 0.6) is 0 Å². The zero-order valence-corrected chi connectivity index (χ0v) is 12.1. The van der Waals surface area contributed by atoms with Gasteiger partial charge in [0.1, 0.15) is 21.6 Å². The van der Waals surface area contributed by atoms with E-state index in [-0.39, 0.29) is 17.9 Å². The Hall–Kier alpha value is -1.83. The minimum atomic E-state index is -3.29. The van der Waals surface area contributed by atoms with Gasteiger partial charge in [-0.05, 0) is 18.6 Å². The molecule has 0 aliphatic rings. The number of aryl methyl sites for hydroxylation is 1. The summed E-state index contributed by atoms with van der Waals surface area (Å²) in [7, 11) is -3.29. The van der Waals surface area contributed by atoms with Gasteiger partial charge in [-0.25, -0.2) is 13.2 Å². The molecule has 0 fully saturated rings. The van der Waals surface area contributed by atoms with Crippen molar-refractivity contribution < 1.29 is 27.5 Å². The highest BCUT2D eigenvalue weighted by Gasteiger charge is 2.23. The molecule has 2 N–H and O–H groups in total. The summed E-state index contributed by atoms with van der Waals surface area (Å²) in [5.74, 6) is -1.66. The monoisotopic (exact) mass is 303 g/mol. The second kappa shape index (κ2) is 6.56. The third-order valence-electron chi connectivity index (χ3n) is 2.61.